The summed E-state index contributed by atoms with van der Waals surface area (Å²) in [5, 5.41) is 0. The van der Waals surface area contributed by atoms with Gasteiger partial charge >= 0.3 is 0 Å². The molecule has 0 aliphatic carbocycles. The molecule has 1 heterocycles. The summed E-state index contributed by atoms with van der Waals surface area (Å²) >= 11 is 0. The molecule has 1 rings (SSSR count). The second-order valence-electron chi connectivity index (χ2n) is 2.97. The van der Waals surface area contributed by atoms with Gasteiger partial charge in [0.05, 0.1) is 6.42 Å². The zero-order chi connectivity index (χ0) is 8.10. The molecule has 1 amide bonds. The largest absolute Gasteiger partial charge is 0.369 e. The predicted octanol–water partition coefficient (Wildman–Crippen LogP) is 0.162. The van der Waals surface area contributed by atoms with Gasteiger partial charge in [0.2, 0.25) is 5.91 Å². The van der Waals surface area contributed by atoms with Gasteiger partial charge in [-0.15, -0.1) is 0 Å². The highest BCUT2D eigenvalue weighted by atomic mass is 16.1. The average Bonchev–Trinajstić information content (AvgIpc) is 2.03. The Morgan fingerprint density at radius 1 is 1.36 bits per heavy atom. The van der Waals surface area contributed by atoms with Crippen molar-refractivity contribution in [1.82, 2.24) is 4.90 Å². The monoisotopic (exact) mass is 155 g/mol. The van der Waals surface area contributed by atoms with E-state index in [2.05, 4.69) is 4.90 Å². The highest BCUT2D eigenvalue weighted by Crippen LogP contribution is 2.07. The number of carbonyl (C=O) groups excluding carboxylic acids is 1. The smallest absolute Gasteiger partial charge is 0.222 e. The fraction of sp³-hybridized carbons (Fsp3) is 0.750. The SMILES string of the molecule is NC(=O)[CH]CN1CCCCC1. The molecule has 2 N–H and O–H groups in total. The molecule has 0 atom stereocenters. The lowest BCUT2D eigenvalue weighted by Gasteiger charge is -2.25. The molecule has 0 unspecified atom stereocenters. The second-order valence-corrected chi connectivity index (χ2v) is 2.97. The Kier molecular flexibility index (Phi) is 3.36. The van der Waals surface area contributed by atoms with Gasteiger partial charge in [-0.2, -0.15) is 0 Å². The van der Waals surface area contributed by atoms with Crippen molar-refractivity contribution in [3.63, 3.8) is 0 Å². The molecule has 0 spiro atoms. The third-order valence-corrected chi connectivity index (χ3v) is 2.00. The third-order valence-electron chi connectivity index (χ3n) is 2.00. The van der Waals surface area contributed by atoms with E-state index < -0.39 is 0 Å². The van der Waals surface area contributed by atoms with Crippen LogP contribution in [0.3, 0.4) is 0 Å². The van der Waals surface area contributed by atoms with E-state index in [1.807, 2.05) is 0 Å². The lowest BCUT2D eigenvalue weighted by atomic mass is 10.1. The Morgan fingerprint density at radius 3 is 2.55 bits per heavy atom. The first-order valence-corrected chi connectivity index (χ1v) is 4.14. The maximum Gasteiger partial charge on any atom is 0.222 e. The van der Waals surface area contributed by atoms with E-state index in [1.165, 1.54) is 19.3 Å². The molecule has 1 saturated heterocycles. The number of likely N-dealkylation sites (tertiary alicyclic amines) is 1. The Hall–Kier alpha value is -0.570. The lowest BCUT2D eigenvalue weighted by molar-refractivity contribution is -0.115. The number of rotatable bonds is 3. The molecule has 3 heteroatoms. The highest BCUT2D eigenvalue weighted by molar-refractivity contribution is 5.83. The van der Waals surface area contributed by atoms with Crippen molar-refractivity contribution in [2.45, 2.75) is 19.3 Å². The fourth-order valence-electron chi connectivity index (χ4n) is 1.36. The van der Waals surface area contributed by atoms with Crippen LogP contribution in [0.15, 0.2) is 0 Å². The number of piperidine rings is 1. The molecular formula is C8H15N2O. The second kappa shape index (κ2) is 4.34. The van der Waals surface area contributed by atoms with Gasteiger partial charge in [0.15, 0.2) is 0 Å². The van der Waals surface area contributed by atoms with Crippen LogP contribution in [-0.2, 0) is 4.79 Å². The van der Waals surface area contributed by atoms with Gasteiger partial charge < -0.3 is 10.6 Å². The summed E-state index contributed by atoms with van der Waals surface area (Å²) in [7, 11) is 0. The van der Waals surface area contributed by atoms with E-state index in [-0.39, 0.29) is 5.91 Å². The minimum Gasteiger partial charge on any atom is -0.369 e. The summed E-state index contributed by atoms with van der Waals surface area (Å²) in [5.74, 6) is -0.310. The predicted molar refractivity (Wildman–Crippen MR) is 43.8 cm³/mol. The number of carbonyl (C=O) groups is 1. The van der Waals surface area contributed by atoms with Crippen LogP contribution < -0.4 is 5.73 Å². The summed E-state index contributed by atoms with van der Waals surface area (Å²) in [6, 6.07) is 0. The maximum atomic E-state index is 10.4. The van der Waals surface area contributed by atoms with Crippen molar-refractivity contribution < 1.29 is 4.79 Å². The van der Waals surface area contributed by atoms with Crippen molar-refractivity contribution in [1.29, 1.82) is 0 Å². The Morgan fingerprint density at radius 2 is 2.00 bits per heavy atom. The molecule has 1 fully saturated rings. The quantitative estimate of drug-likeness (QED) is 0.631. The van der Waals surface area contributed by atoms with Crippen molar-refractivity contribution in [2.75, 3.05) is 19.6 Å². The molecular weight excluding hydrogens is 140 g/mol. The van der Waals surface area contributed by atoms with Crippen LogP contribution in [0.25, 0.3) is 0 Å². The molecule has 0 aromatic heterocycles. The van der Waals surface area contributed by atoms with E-state index in [1.54, 1.807) is 6.42 Å². The van der Waals surface area contributed by atoms with Crippen molar-refractivity contribution >= 4 is 5.91 Å². The van der Waals surface area contributed by atoms with Gasteiger partial charge in [-0.05, 0) is 25.9 Å². The van der Waals surface area contributed by atoms with Crippen molar-refractivity contribution in [3.8, 4) is 0 Å². The van der Waals surface area contributed by atoms with E-state index in [4.69, 9.17) is 5.73 Å². The zero-order valence-corrected chi connectivity index (χ0v) is 6.75. The molecule has 11 heavy (non-hydrogen) atoms. The molecule has 1 radical (unpaired) electrons. The van der Waals surface area contributed by atoms with E-state index in [0.29, 0.717) is 0 Å². The molecule has 3 nitrogen and oxygen atoms in total. The van der Waals surface area contributed by atoms with E-state index >= 15 is 0 Å². The number of primary amides is 1. The Bertz CT molecular complexity index is 130. The lowest BCUT2D eigenvalue weighted by Crippen LogP contribution is -2.33. The van der Waals surface area contributed by atoms with Crippen LogP contribution in [0.1, 0.15) is 19.3 Å². The Labute approximate surface area is 67.5 Å². The summed E-state index contributed by atoms with van der Waals surface area (Å²) < 4.78 is 0. The van der Waals surface area contributed by atoms with Crippen LogP contribution in [0, 0.1) is 6.42 Å². The number of hydrogen-bond acceptors (Lipinski definition) is 2. The van der Waals surface area contributed by atoms with Gasteiger partial charge in [0.25, 0.3) is 0 Å². The summed E-state index contributed by atoms with van der Waals surface area (Å²) in [6.07, 6.45) is 5.39. The highest BCUT2D eigenvalue weighted by Gasteiger charge is 2.09. The van der Waals surface area contributed by atoms with Crippen LogP contribution >= 0.6 is 0 Å². The van der Waals surface area contributed by atoms with E-state index in [9.17, 15) is 4.79 Å². The third kappa shape index (κ3) is 3.37. The molecule has 0 aromatic carbocycles. The molecule has 1 aliphatic heterocycles. The zero-order valence-electron chi connectivity index (χ0n) is 6.75. The van der Waals surface area contributed by atoms with Crippen molar-refractivity contribution in [2.24, 2.45) is 5.73 Å². The van der Waals surface area contributed by atoms with Crippen LogP contribution in [-0.4, -0.2) is 30.4 Å². The van der Waals surface area contributed by atoms with E-state index in [0.717, 1.165) is 19.6 Å². The molecule has 0 saturated carbocycles. The molecule has 1 aliphatic rings. The van der Waals surface area contributed by atoms with Gasteiger partial charge in [0.1, 0.15) is 0 Å². The van der Waals surface area contributed by atoms with Gasteiger partial charge in [0, 0.05) is 6.54 Å². The molecule has 0 aromatic rings. The van der Waals surface area contributed by atoms with Crippen LogP contribution in [0.4, 0.5) is 0 Å². The van der Waals surface area contributed by atoms with Gasteiger partial charge in [-0.3, -0.25) is 4.79 Å². The summed E-state index contributed by atoms with van der Waals surface area (Å²) in [4.78, 5) is 12.6. The summed E-state index contributed by atoms with van der Waals surface area (Å²) in [5.41, 5.74) is 4.99. The first-order valence-electron chi connectivity index (χ1n) is 4.14. The first kappa shape index (κ1) is 8.53. The minimum absolute atomic E-state index is 0.310. The summed E-state index contributed by atoms with van der Waals surface area (Å²) in [6.45, 7) is 2.96. The number of nitrogens with two attached hydrogens (primary N) is 1. The van der Waals surface area contributed by atoms with Gasteiger partial charge in [-0.25, -0.2) is 0 Å². The first-order chi connectivity index (χ1) is 5.29. The standard InChI is InChI=1S/C8H15N2O/c9-8(11)4-7-10-5-2-1-3-6-10/h4H,1-3,5-7H2,(H2,9,11). The maximum absolute atomic E-state index is 10.4. The normalized spacial score (nSPS) is 20.0. The molecule has 63 valence electrons. The topological polar surface area (TPSA) is 46.3 Å². The van der Waals surface area contributed by atoms with Crippen LogP contribution in [0.2, 0.25) is 0 Å². The van der Waals surface area contributed by atoms with Crippen LogP contribution in [0.5, 0.6) is 0 Å². The fourth-order valence-corrected chi connectivity index (χ4v) is 1.36. The number of nitrogens with zero attached hydrogens (tertiary/aromatic N) is 1. The average molecular weight is 155 g/mol. The molecule has 0 bridgehead atoms. The van der Waals surface area contributed by atoms with Gasteiger partial charge in [-0.1, -0.05) is 6.42 Å². The minimum atomic E-state index is -0.310. The number of hydrogen-bond donors (Lipinski definition) is 1. The number of amides is 1. The Balaban J connectivity index is 2.09. The van der Waals surface area contributed by atoms with Crippen molar-refractivity contribution in [3.05, 3.63) is 6.42 Å².